The van der Waals surface area contributed by atoms with Gasteiger partial charge in [0.1, 0.15) is 0 Å². The van der Waals surface area contributed by atoms with E-state index in [1.54, 1.807) is 7.11 Å². The van der Waals surface area contributed by atoms with Crippen LogP contribution in [0.2, 0.25) is 0 Å². The van der Waals surface area contributed by atoms with E-state index in [1.165, 1.54) is 5.39 Å². The first-order valence-corrected chi connectivity index (χ1v) is 6.70. The van der Waals surface area contributed by atoms with Crippen LogP contribution in [0.3, 0.4) is 0 Å². The average Bonchev–Trinajstić information content (AvgIpc) is 2.45. The minimum Gasteiger partial charge on any atom is -0.383 e. The van der Waals surface area contributed by atoms with E-state index in [9.17, 15) is 4.79 Å². The van der Waals surface area contributed by atoms with E-state index in [2.05, 4.69) is 22.8 Å². The Labute approximate surface area is 119 Å². The highest BCUT2D eigenvalue weighted by Gasteiger charge is 2.06. The van der Waals surface area contributed by atoms with Gasteiger partial charge in [-0.1, -0.05) is 30.3 Å². The Morgan fingerprint density at radius 1 is 1.20 bits per heavy atom. The van der Waals surface area contributed by atoms with Crippen LogP contribution in [0.4, 0.5) is 5.69 Å². The fourth-order valence-electron chi connectivity index (χ4n) is 2.10. The Balaban J connectivity index is 1.90. The van der Waals surface area contributed by atoms with Crippen LogP contribution in [0.25, 0.3) is 10.8 Å². The molecule has 1 unspecified atom stereocenters. The van der Waals surface area contributed by atoms with Gasteiger partial charge >= 0.3 is 0 Å². The molecule has 106 valence electrons. The lowest BCUT2D eigenvalue weighted by Gasteiger charge is -2.13. The van der Waals surface area contributed by atoms with E-state index in [0.717, 1.165) is 11.1 Å². The van der Waals surface area contributed by atoms with Gasteiger partial charge < -0.3 is 15.4 Å². The standard InChI is InChI=1S/C16H20N2O2/c1-12(11-20-2)18-16(19)10-17-15-8-7-13-5-3-4-6-14(13)9-15/h3-9,12,17H,10-11H2,1-2H3,(H,18,19). The molecule has 0 aliphatic rings. The molecule has 0 aliphatic heterocycles. The number of fused-ring (bicyclic) bond motifs is 1. The van der Waals surface area contributed by atoms with Crippen LogP contribution in [0, 0.1) is 0 Å². The van der Waals surface area contributed by atoms with Crippen molar-refractivity contribution < 1.29 is 9.53 Å². The van der Waals surface area contributed by atoms with Gasteiger partial charge in [0.15, 0.2) is 0 Å². The Morgan fingerprint density at radius 3 is 2.70 bits per heavy atom. The van der Waals surface area contributed by atoms with Crippen molar-refractivity contribution in [1.82, 2.24) is 5.32 Å². The monoisotopic (exact) mass is 272 g/mol. The smallest absolute Gasteiger partial charge is 0.239 e. The van der Waals surface area contributed by atoms with Crippen molar-refractivity contribution in [2.75, 3.05) is 25.6 Å². The molecule has 2 rings (SSSR count). The minimum atomic E-state index is -0.0392. The predicted molar refractivity (Wildman–Crippen MR) is 81.9 cm³/mol. The van der Waals surface area contributed by atoms with Crippen LogP contribution in [-0.4, -0.2) is 32.2 Å². The average molecular weight is 272 g/mol. The number of carbonyl (C=O) groups excluding carboxylic acids is 1. The van der Waals surface area contributed by atoms with Crippen molar-refractivity contribution in [1.29, 1.82) is 0 Å². The second-order valence-electron chi connectivity index (χ2n) is 4.84. The molecule has 2 N–H and O–H groups in total. The first-order chi connectivity index (χ1) is 9.69. The zero-order valence-corrected chi connectivity index (χ0v) is 11.8. The number of benzene rings is 2. The predicted octanol–water partition coefficient (Wildman–Crippen LogP) is 2.40. The van der Waals surface area contributed by atoms with Gasteiger partial charge in [-0.25, -0.2) is 0 Å². The molecule has 1 amide bonds. The second-order valence-corrected chi connectivity index (χ2v) is 4.84. The third-order valence-corrected chi connectivity index (χ3v) is 3.03. The van der Waals surface area contributed by atoms with Gasteiger partial charge in [0.25, 0.3) is 0 Å². The van der Waals surface area contributed by atoms with Crippen LogP contribution in [0.5, 0.6) is 0 Å². The quantitative estimate of drug-likeness (QED) is 0.849. The third-order valence-electron chi connectivity index (χ3n) is 3.03. The summed E-state index contributed by atoms with van der Waals surface area (Å²) < 4.78 is 4.98. The number of anilines is 1. The van der Waals surface area contributed by atoms with Gasteiger partial charge in [-0.05, 0) is 29.8 Å². The molecule has 0 saturated heterocycles. The van der Waals surface area contributed by atoms with Gasteiger partial charge in [-0.2, -0.15) is 0 Å². The molecule has 0 aliphatic carbocycles. The molecule has 0 bridgehead atoms. The number of amides is 1. The zero-order valence-electron chi connectivity index (χ0n) is 11.8. The topological polar surface area (TPSA) is 50.4 Å². The molecule has 4 heteroatoms. The molecule has 2 aromatic rings. The van der Waals surface area contributed by atoms with Crippen molar-refractivity contribution in [2.24, 2.45) is 0 Å². The van der Waals surface area contributed by atoms with Gasteiger partial charge in [-0.3, -0.25) is 4.79 Å². The molecule has 0 aromatic heterocycles. The highest BCUT2D eigenvalue weighted by Crippen LogP contribution is 2.18. The van der Waals surface area contributed by atoms with Gasteiger partial charge in [0.05, 0.1) is 13.2 Å². The third kappa shape index (κ3) is 3.96. The summed E-state index contributed by atoms with van der Waals surface area (Å²) in [6, 6.07) is 14.2. The largest absolute Gasteiger partial charge is 0.383 e. The molecule has 0 heterocycles. The van der Waals surface area contributed by atoms with Gasteiger partial charge in [0, 0.05) is 18.8 Å². The summed E-state index contributed by atoms with van der Waals surface area (Å²) in [6.45, 7) is 2.69. The van der Waals surface area contributed by atoms with E-state index in [4.69, 9.17) is 4.74 Å². The van der Waals surface area contributed by atoms with Crippen LogP contribution < -0.4 is 10.6 Å². The molecule has 0 saturated carbocycles. The Bertz CT molecular complexity index is 583. The number of carbonyl (C=O) groups is 1. The summed E-state index contributed by atoms with van der Waals surface area (Å²) in [6.07, 6.45) is 0. The number of ether oxygens (including phenoxy) is 1. The first-order valence-electron chi connectivity index (χ1n) is 6.70. The normalized spacial score (nSPS) is 12.1. The summed E-state index contributed by atoms with van der Waals surface area (Å²) in [5, 5.41) is 8.34. The van der Waals surface area contributed by atoms with Gasteiger partial charge in [-0.15, -0.1) is 0 Å². The van der Waals surface area contributed by atoms with Crippen LogP contribution >= 0.6 is 0 Å². The van der Waals surface area contributed by atoms with Gasteiger partial charge in [0.2, 0.25) is 5.91 Å². The Morgan fingerprint density at radius 2 is 1.95 bits per heavy atom. The van der Waals surface area contributed by atoms with Crippen LogP contribution in [0.15, 0.2) is 42.5 Å². The fraction of sp³-hybridized carbons (Fsp3) is 0.312. The number of rotatable bonds is 6. The van der Waals surface area contributed by atoms with E-state index in [-0.39, 0.29) is 18.5 Å². The molecule has 0 fully saturated rings. The van der Waals surface area contributed by atoms with E-state index in [1.807, 2.05) is 37.3 Å². The maximum atomic E-state index is 11.7. The first kappa shape index (κ1) is 14.3. The lowest BCUT2D eigenvalue weighted by Crippen LogP contribution is -2.39. The van der Waals surface area contributed by atoms with E-state index in [0.29, 0.717) is 6.61 Å². The van der Waals surface area contributed by atoms with Crippen LogP contribution in [-0.2, 0) is 9.53 Å². The second kappa shape index (κ2) is 6.91. The summed E-state index contributed by atoms with van der Waals surface area (Å²) >= 11 is 0. The summed E-state index contributed by atoms with van der Waals surface area (Å²) in [4.78, 5) is 11.7. The van der Waals surface area contributed by atoms with E-state index < -0.39 is 0 Å². The minimum absolute atomic E-state index is 0.0194. The fourth-order valence-corrected chi connectivity index (χ4v) is 2.10. The molecule has 2 aromatic carbocycles. The number of nitrogens with one attached hydrogen (secondary N) is 2. The van der Waals surface area contributed by atoms with Crippen molar-refractivity contribution in [3.05, 3.63) is 42.5 Å². The molecule has 20 heavy (non-hydrogen) atoms. The summed E-state index contributed by atoms with van der Waals surface area (Å²) in [5.74, 6) is -0.0392. The zero-order chi connectivity index (χ0) is 14.4. The molecule has 1 atom stereocenters. The number of hydrogen-bond acceptors (Lipinski definition) is 3. The number of methoxy groups -OCH3 is 1. The molecular formula is C16H20N2O2. The highest BCUT2D eigenvalue weighted by atomic mass is 16.5. The molecular weight excluding hydrogens is 252 g/mol. The summed E-state index contributed by atoms with van der Waals surface area (Å²) in [5.41, 5.74) is 0.943. The maximum Gasteiger partial charge on any atom is 0.239 e. The molecule has 4 nitrogen and oxygen atoms in total. The van der Waals surface area contributed by atoms with Crippen molar-refractivity contribution >= 4 is 22.4 Å². The maximum absolute atomic E-state index is 11.7. The summed E-state index contributed by atoms with van der Waals surface area (Å²) in [7, 11) is 1.62. The lowest BCUT2D eigenvalue weighted by atomic mass is 10.1. The van der Waals surface area contributed by atoms with E-state index >= 15 is 0 Å². The van der Waals surface area contributed by atoms with Crippen molar-refractivity contribution in [2.45, 2.75) is 13.0 Å². The Kier molecular flexibility index (Phi) is 4.96. The van der Waals surface area contributed by atoms with Crippen LogP contribution in [0.1, 0.15) is 6.92 Å². The SMILES string of the molecule is COCC(C)NC(=O)CNc1ccc2ccccc2c1. The highest BCUT2D eigenvalue weighted by molar-refractivity contribution is 5.87. The molecule has 0 radical (unpaired) electrons. The lowest BCUT2D eigenvalue weighted by molar-refractivity contribution is -0.120. The Hall–Kier alpha value is -2.07. The molecule has 0 spiro atoms. The van der Waals surface area contributed by atoms with Crippen molar-refractivity contribution in [3.8, 4) is 0 Å². The van der Waals surface area contributed by atoms with Crippen molar-refractivity contribution in [3.63, 3.8) is 0 Å². The number of hydrogen-bond donors (Lipinski definition) is 2.